The molecule has 44 nitrogen and oxygen atoms in total. The first-order valence-corrected chi connectivity index (χ1v) is 19.8. The Morgan fingerprint density at radius 2 is 0.389 bits per heavy atom. The van der Waals surface area contributed by atoms with Crippen molar-refractivity contribution in [2.45, 2.75) is 22.4 Å². The van der Waals surface area contributed by atoms with E-state index < -0.39 is 170 Å². The number of nitrogens with zero attached hydrogens (tertiary/aromatic N) is 36. The fraction of sp³-hybridized carbons (Fsp3) is 0.857. The second-order valence-corrected chi connectivity index (χ2v) is 16.4. The maximum atomic E-state index is 15.2. The van der Waals surface area contributed by atoms with Crippen molar-refractivity contribution in [1.29, 1.82) is 0 Å². The average Bonchev–Trinajstić information content (AvgIpc) is 3.39. The molecule has 0 N–H and O–H groups in total. The van der Waals surface area contributed by atoms with E-state index in [1.807, 2.05) is 0 Å². The van der Waals surface area contributed by atoms with Crippen molar-refractivity contribution in [2.24, 2.45) is 107 Å². The lowest BCUT2D eigenvalue weighted by atomic mass is 8.84. The molecule has 6 aliphatic carbocycles. The number of hydrogen-bond donors (Lipinski definition) is 0. The molecule has 6 fully saturated rings. The van der Waals surface area contributed by atoms with Gasteiger partial charge in [0, 0.05) is 82.6 Å². The molecule has 0 saturated heterocycles. The Bertz CT molecular complexity index is 2290. The minimum Gasteiger partial charge on any atom is -0.458 e. The van der Waals surface area contributed by atoms with Crippen molar-refractivity contribution in [3.8, 4) is 0 Å². The van der Waals surface area contributed by atoms with Crippen molar-refractivity contribution >= 4 is 23.9 Å². The fourth-order valence-corrected chi connectivity index (χ4v) is 11.6. The molecule has 0 heterocycles. The molecule has 0 spiro atoms. The van der Waals surface area contributed by atoms with E-state index in [-0.39, 0.29) is 0 Å². The van der Waals surface area contributed by atoms with E-state index in [9.17, 15) is 66.4 Å². The summed E-state index contributed by atoms with van der Waals surface area (Å²) in [7, 11) is 0. The molecule has 72 heavy (non-hydrogen) atoms. The highest BCUT2D eigenvalue weighted by Crippen LogP contribution is 3.18. The van der Waals surface area contributed by atoms with E-state index in [1.165, 1.54) is 0 Å². The molecule has 0 radical (unpaired) electrons. The van der Waals surface area contributed by atoms with Gasteiger partial charge in [-0.1, -0.05) is 61.4 Å². The van der Waals surface area contributed by atoms with Gasteiger partial charge in [-0.15, -0.1) is 0 Å². The zero-order valence-corrected chi connectivity index (χ0v) is 36.2. The van der Waals surface area contributed by atoms with Gasteiger partial charge in [0.2, 0.25) is 0 Å². The van der Waals surface area contributed by atoms with Crippen LogP contribution < -0.4 is 0 Å². The van der Waals surface area contributed by atoms with Crippen LogP contribution in [0.2, 0.25) is 0 Å². The Labute approximate surface area is 394 Å². The van der Waals surface area contributed by atoms with E-state index in [1.54, 1.807) is 0 Å². The van der Waals surface area contributed by atoms with Crippen LogP contribution >= 0.6 is 0 Å². The summed E-state index contributed by atoms with van der Waals surface area (Å²) in [6, 6.07) is 0. The number of ether oxygens (including phenoxy) is 4. The SMILES string of the molecule is [N-]=[N+]=NCC(CN=[N+]=[N-])(CN=[N+]=[N-])OC(=O)C12C3C4(C(=O)OC(CN=[N+]=[N-])(CN=[N+]=[N-])CN=[N+]=[N-])C1C1(C(=O)OC(CN=[N+]=[N-])(CN=[N+]=[N-])CN=[N+]=[N-])C2C3(C(=O)OC(CN=[N+]=[N-])(CN=[N+]=[N-])CN=[N+]=[N-])C41. The molecular formula is C28H28N36O8. The monoisotopic (exact) mass is 996 g/mol. The van der Waals surface area contributed by atoms with Crippen LogP contribution in [0.5, 0.6) is 0 Å². The number of esters is 4. The van der Waals surface area contributed by atoms with E-state index in [2.05, 4.69) is 120 Å². The highest BCUT2D eigenvalue weighted by molar-refractivity contribution is 6.13. The Morgan fingerprint density at radius 3 is 0.486 bits per heavy atom. The van der Waals surface area contributed by atoms with Crippen molar-refractivity contribution in [3.63, 3.8) is 0 Å². The third kappa shape index (κ3) is 7.46. The first-order chi connectivity index (χ1) is 34.7. The average molecular weight is 997 g/mol. The van der Waals surface area contributed by atoms with Gasteiger partial charge < -0.3 is 18.9 Å². The molecule has 0 aliphatic heterocycles. The molecule has 0 aromatic carbocycles. The Hall–Kier alpha value is -10.4. The van der Waals surface area contributed by atoms with Crippen molar-refractivity contribution in [3.05, 3.63) is 125 Å². The maximum Gasteiger partial charge on any atom is 0.313 e. The standard InChI is InChI=1S/C28H28N36O8/c29-53-41-1-21(2-42-54-30,3-43-55-31)69-17(65)25-13-26(18(66)70-22(4-44-56-32,5-45-57-33)6-46-58-34)14(25)28(20(68)72-24(10-50-62-38,11-51-63-39)12-52-64-40)15(25)27(13,16(26)28)19(67)71-23(7-47-59-35,8-48-60-36)9-49-61-37/h13-16H,1-12H2. The molecule has 0 aromatic rings. The zero-order chi connectivity index (χ0) is 52.9. The number of azide groups is 12. The Morgan fingerprint density at radius 1 is 0.278 bits per heavy atom. The summed E-state index contributed by atoms with van der Waals surface area (Å²) in [5.74, 6) is -12.6. The van der Waals surface area contributed by atoms with Gasteiger partial charge in [-0.05, 0) is 66.4 Å². The molecule has 44 heteroatoms. The number of rotatable bonds is 32. The number of carbonyl (C=O) groups is 4. The lowest BCUT2D eigenvalue weighted by molar-refractivity contribution is -0.685. The Kier molecular flexibility index (Phi) is 15.2. The van der Waals surface area contributed by atoms with Crippen LogP contribution in [0.4, 0.5) is 0 Å². The summed E-state index contributed by atoms with van der Waals surface area (Å²) in [6.07, 6.45) is 0. The molecule has 0 unspecified atom stereocenters. The molecule has 6 aliphatic rings. The normalized spacial score (nSPS) is 27.9. The van der Waals surface area contributed by atoms with Gasteiger partial charge in [-0.25, -0.2) is 0 Å². The molecular weight excluding hydrogens is 969 g/mol. The predicted octanol–water partition coefficient (Wildman–Crippen LogP) is 7.32. The van der Waals surface area contributed by atoms with Crippen LogP contribution in [-0.4, -0.2) is 125 Å². The van der Waals surface area contributed by atoms with Gasteiger partial charge in [0.25, 0.3) is 0 Å². The lowest BCUT2D eigenvalue weighted by Gasteiger charge is -3.13. The molecule has 6 saturated carbocycles. The highest BCUT2D eigenvalue weighted by Gasteiger charge is 3.27. The van der Waals surface area contributed by atoms with Crippen molar-refractivity contribution < 1.29 is 38.1 Å². The largest absolute Gasteiger partial charge is 0.458 e. The third-order valence-corrected chi connectivity index (χ3v) is 13.4. The molecule has 6 rings (SSSR count). The van der Waals surface area contributed by atoms with Crippen LogP contribution in [-0.2, 0) is 38.1 Å². The quantitative estimate of drug-likeness (QED) is 0.0215. The van der Waals surface area contributed by atoms with Gasteiger partial charge >= 0.3 is 23.9 Å². The predicted molar refractivity (Wildman–Crippen MR) is 227 cm³/mol. The highest BCUT2D eigenvalue weighted by atomic mass is 16.6. The number of hydrogen-bond acceptors (Lipinski definition) is 20. The van der Waals surface area contributed by atoms with E-state index in [0.717, 1.165) is 0 Å². The lowest BCUT2D eigenvalue weighted by Crippen LogP contribution is -3.21. The summed E-state index contributed by atoms with van der Waals surface area (Å²) in [5, 5.41) is 40.8. The molecule has 0 amide bonds. The van der Waals surface area contributed by atoms with Crippen molar-refractivity contribution in [2.75, 3.05) is 78.5 Å². The maximum absolute atomic E-state index is 15.2. The molecule has 368 valence electrons. The zero-order valence-electron chi connectivity index (χ0n) is 36.2. The van der Waals surface area contributed by atoms with Crippen LogP contribution in [0.3, 0.4) is 0 Å². The fourth-order valence-electron chi connectivity index (χ4n) is 11.6. The van der Waals surface area contributed by atoms with Crippen LogP contribution in [0.25, 0.3) is 125 Å². The second kappa shape index (κ2) is 20.9. The molecule has 0 aromatic heterocycles. The van der Waals surface area contributed by atoms with Crippen molar-refractivity contribution in [1.82, 2.24) is 0 Å². The number of carbonyl (C=O) groups excluding carboxylic acids is 4. The van der Waals surface area contributed by atoms with Crippen LogP contribution in [0.1, 0.15) is 0 Å². The van der Waals surface area contributed by atoms with Gasteiger partial charge in [0.1, 0.15) is 22.4 Å². The summed E-state index contributed by atoms with van der Waals surface area (Å²) >= 11 is 0. The van der Waals surface area contributed by atoms with Gasteiger partial charge in [-0.3, -0.25) is 19.2 Å². The first-order valence-electron chi connectivity index (χ1n) is 19.8. The topological polar surface area (TPSA) is 690 Å². The van der Waals surface area contributed by atoms with Gasteiger partial charge in [0.05, 0.1) is 100 Å². The van der Waals surface area contributed by atoms with E-state index >= 15 is 19.2 Å². The minimum absolute atomic E-state index is 0.887. The second-order valence-electron chi connectivity index (χ2n) is 16.4. The third-order valence-electron chi connectivity index (χ3n) is 13.4. The van der Waals surface area contributed by atoms with E-state index in [0.29, 0.717) is 0 Å². The van der Waals surface area contributed by atoms with E-state index in [4.69, 9.17) is 18.9 Å². The Balaban J connectivity index is 1.83. The minimum atomic E-state index is -2.31. The van der Waals surface area contributed by atoms with Gasteiger partial charge in [-0.2, -0.15) is 0 Å². The van der Waals surface area contributed by atoms with Crippen LogP contribution in [0.15, 0.2) is 61.4 Å². The summed E-state index contributed by atoms with van der Waals surface area (Å²) < 4.78 is 23.7. The summed E-state index contributed by atoms with van der Waals surface area (Å²) in [4.78, 5) is 92.2. The van der Waals surface area contributed by atoms with Crippen LogP contribution in [0, 0.1) is 45.3 Å². The van der Waals surface area contributed by atoms with Gasteiger partial charge in [0.15, 0.2) is 0 Å². The smallest absolute Gasteiger partial charge is 0.313 e. The summed E-state index contributed by atoms with van der Waals surface area (Å²) in [6.45, 7) is -10.6. The first kappa shape index (κ1) is 52.6. The summed E-state index contributed by atoms with van der Waals surface area (Å²) in [5.41, 5.74) is 92.6. The molecule has 0 bridgehead atoms. The molecule has 0 atom stereocenters.